The molecule has 0 N–H and O–H groups in total. The maximum Gasteiger partial charge on any atom is 0.338 e. The van der Waals surface area contributed by atoms with Gasteiger partial charge in [-0.1, -0.05) is 103 Å². The van der Waals surface area contributed by atoms with E-state index in [0.717, 1.165) is 16.7 Å². The van der Waals surface area contributed by atoms with Crippen molar-refractivity contribution >= 4 is 5.97 Å². The van der Waals surface area contributed by atoms with Crippen LogP contribution in [0.3, 0.4) is 0 Å². The Morgan fingerprint density at radius 3 is 1.38 bits per heavy atom. The molecule has 0 bridgehead atoms. The second kappa shape index (κ2) is 9.22. The number of fused-ring (bicyclic) bond motifs is 3. The molecule has 6 aliphatic rings. The lowest BCUT2D eigenvalue weighted by molar-refractivity contribution is 0.0602. The van der Waals surface area contributed by atoms with Crippen molar-refractivity contribution in [3.05, 3.63) is 143 Å². The molecule has 0 spiro atoms. The fourth-order valence-corrected chi connectivity index (χ4v) is 5.91. The highest BCUT2D eigenvalue weighted by Gasteiger charge is 2.32. The molecule has 0 saturated carbocycles. The lowest BCUT2D eigenvalue weighted by Gasteiger charge is -2.20. The first-order valence-electron chi connectivity index (χ1n) is 12.6. The van der Waals surface area contributed by atoms with Gasteiger partial charge in [-0.05, 0) is 81.1 Å². The van der Waals surface area contributed by atoms with Crippen molar-refractivity contribution in [2.45, 2.75) is 19.8 Å². The molecule has 0 saturated heterocycles. The number of methoxy groups -OCH3 is 1. The predicted octanol–water partition coefficient (Wildman–Crippen LogP) is 8.58. The lowest BCUT2D eigenvalue weighted by atomic mass is 9.82. The van der Waals surface area contributed by atoms with Crippen molar-refractivity contribution in [2.24, 2.45) is 0 Å². The van der Waals surface area contributed by atoms with Crippen LogP contribution in [0.2, 0.25) is 0 Å². The van der Waals surface area contributed by atoms with Crippen LogP contribution in [-0.4, -0.2) is 13.1 Å². The minimum Gasteiger partial charge on any atom is -0.465 e. The molecule has 0 unspecified atom stereocenters. The van der Waals surface area contributed by atoms with E-state index in [2.05, 4.69) is 98.8 Å². The summed E-state index contributed by atoms with van der Waals surface area (Å²) in [5.41, 5.74) is 13.6. The Bertz CT molecular complexity index is 1580. The third kappa shape index (κ3) is 3.77. The Balaban J connectivity index is 1.72. The zero-order valence-corrected chi connectivity index (χ0v) is 21.3. The van der Waals surface area contributed by atoms with E-state index in [4.69, 9.17) is 4.74 Å². The molecule has 0 amide bonds. The summed E-state index contributed by atoms with van der Waals surface area (Å²) in [6, 6.07) is 38.3. The standard InChI is InChI=1S/C35H28O2/c1-22-19-30(26-15-9-4-7-13-24(22)26)34(31-20-23(2)25-14-8-5-10-16-27(25)31)32-21-33(35(36)37-3)29-18-12-6-11-17-28(29)32/h4-21,34H,1-3H3. The van der Waals surface area contributed by atoms with Crippen LogP contribution in [0.1, 0.15) is 44.1 Å². The van der Waals surface area contributed by atoms with E-state index in [1.165, 1.54) is 51.6 Å². The van der Waals surface area contributed by atoms with Crippen LogP contribution in [0.15, 0.2) is 109 Å². The summed E-state index contributed by atoms with van der Waals surface area (Å²) in [5.74, 6) is -0.383. The predicted molar refractivity (Wildman–Crippen MR) is 151 cm³/mol. The van der Waals surface area contributed by atoms with E-state index >= 15 is 0 Å². The molecule has 0 atom stereocenters. The number of esters is 1. The number of carbonyl (C=O) groups is 1. The fourth-order valence-electron chi connectivity index (χ4n) is 5.91. The SMILES string of the molecule is COC(=O)c1cc(C(c2cc(C)c3cccccc2-3)c2cc(C)c3cccccc2-3)c2cccccc1-2. The zero-order valence-electron chi connectivity index (χ0n) is 21.3. The van der Waals surface area contributed by atoms with E-state index in [0.29, 0.717) is 5.56 Å². The zero-order chi connectivity index (χ0) is 25.5. The van der Waals surface area contributed by atoms with Gasteiger partial charge in [0.15, 0.2) is 0 Å². The smallest absolute Gasteiger partial charge is 0.338 e. The van der Waals surface area contributed by atoms with Crippen molar-refractivity contribution in [1.82, 2.24) is 0 Å². The Labute approximate surface area is 218 Å². The summed E-state index contributed by atoms with van der Waals surface area (Å²) < 4.78 is 5.21. The summed E-state index contributed by atoms with van der Waals surface area (Å²) in [6.45, 7) is 4.36. The van der Waals surface area contributed by atoms with Crippen LogP contribution in [0.5, 0.6) is 0 Å². The molecule has 37 heavy (non-hydrogen) atoms. The van der Waals surface area contributed by atoms with E-state index in [-0.39, 0.29) is 11.9 Å². The highest BCUT2D eigenvalue weighted by Crippen LogP contribution is 2.50. The number of aryl methyl sites for hydroxylation is 2. The average molecular weight is 481 g/mol. The van der Waals surface area contributed by atoms with Crippen LogP contribution in [0, 0.1) is 13.8 Å². The van der Waals surface area contributed by atoms with Gasteiger partial charge in [0.1, 0.15) is 0 Å². The van der Waals surface area contributed by atoms with E-state index in [1.54, 1.807) is 0 Å². The molecule has 0 aromatic carbocycles. The molecule has 0 heterocycles. The van der Waals surface area contributed by atoms with Crippen molar-refractivity contribution in [3.8, 4) is 33.4 Å². The van der Waals surface area contributed by atoms with Gasteiger partial charge in [0.05, 0.1) is 12.7 Å². The number of ether oxygens (including phenoxy) is 1. The normalized spacial score (nSPS) is 11.5. The molecule has 180 valence electrons. The van der Waals surface area contributed by atoms with Gasteiger partial charge in [-0.25, -0.2) is 4.79 Å². The fraction of sp³-hybridized carbons (Fsp3) is 0.114. The highest BCUT2D eigenvalue weighted by molar-refractivity contribution is 6.01. The molecule has 0 aromatic heterocycles. The van der Waals surface area contributed by atoms with Crippen LogP contribution in [0.4, 0.5) is 0 Å². The van der Waals surface area contributed by atoms with Gasteiger partial charge in [-0.15, -0.1) is 0 Å². The van der Waals surface area contributed by atoms with Crippen LogP contribution in [-0.2, 0) is 4.74 Å². The highest BCUT2D eigenvalue weighted by atomic mass is 16.5. The molecule has 0 radical (unpaired) electrons. The molecular formula is C35H28O2. The van der Waals surface area contributed by atoms with E-state index < -0.39 is 0 Å². The number of rotatable bonds is 4. The summed E-state index contributed by atoms with van der Waals surface area (Å²) in [7, 11) is 1.45. The van der Waals surface area contributed by atoms with Crippen LogP contribution in [0.25, 0.3) is 33.4 Å². The molecule has 0 fully saturated rings. The third-order valence-electron chi connectivity index (χ3n) is 7.57. The van der Waals surface area contributed by atoms with E-state index in [1.807, 2.05) is 24.3 Å². The Hall–Kier alpha value is -4.43. The van der Waals surface area contributed by atoms with Gasteiger partial charge >= 0.3 is 5.97 Å². The summed E-state index contributed by atoms with van der Waals surface area (Å²) in [6.07, 6.45) is 0. The summed E-state index contributed by atoms with van der Waals surface area (Å²) in [5, 5.41) is 0. The van der Waals surface area contributed by atoms with Gasteiger partial charge in [0.2, 0.25) is 0 Å². The number of hydrogen-bond donors (Lipinski definition) is 0. The second-order valence-corrected chi connectivity index (χ2v) is 9.72. The molecule has 2 nitrogen and oxygen atoms in total. The van der Waals surface area contributed by atoms with Crippen LogP contribution >= 0.6 is 0 Å². The van der Waals surface area contributed by atoms with E-state index in [9.17, 15) is 4.79 Å². The molecule has 2 heteroatoms. The largest absolute Gasteiger partial charge is 0.465 e. The first kappa shape index (κ1) is 23.0. The number of hydrogen-bond acceptors (Lipinski definition) is 2. The molecule has 6 rings (SSSR count). The summed E-state index contributed by atoms with van der Waals surface area (Å²) in [4.78, 5) is 12.9. The first-order valence-corrected chi connectivity index (χ1v) is 12.6. The minimum atomic E-state index is -0.314. The maximum absolute atomic E-state index is 12.9. The monoisotopic (exact) mass is 480 g/mol. The van der Waals surface area contributed by atoms with Gasteiger partial charge in [0.25, 0.3) is 0 Å². The summed E-state index contributed by atoms with van der Waals surface area (Å²) >= 11 is 0. The van der Waals surface area contributed by atoms with Crippen molar-refractivity contribution in [3.63, 3.8) is 0 Å². The first-order chi connectivity index (χ1) is 18.1. The quantitative estimate of drug-likeness (QED) is 0.236. The second-order valence-electron chi connectivity index (χ2n) is 9.72. The molecule has 6 aliphatic carbocycles. The maximum atomic E-state index is 12.9. The van der Waals surface area contributed by atoms with Gasteiger partial charge < -0.3 is 4.74 Å². The Morgan fingerprint density at radius 1 is 0.541 bits per heavy atom. The van der Waals surface area contributed by atoms with Crippen molar-refractivity contribution in [2.75, 3.05) is 7.11 Å². The van der Waals surface area contributed by atoms with Gasteiger partial charge in [-0.2, -0.15) is 0 Å². The Morgan fingerprint density at radius 2 is 0.919 bits per heavy atom. The molecular weight excluding hydrogens is 452 g/mol. The van der Waals surface area contributed by atoms with Gasteiger partial charge in [0, 0.05) is 5.92 Å². The minimum absolute atomic E-state index is 0.0690. The molecule has 0 aromatic rings. The lowest BCUT2D eigenvalue weighted by Crippen LogP contribution is -2.03. The molecule has 0 aliphatic heterocycles. The van der Waals surface area contributed by atoms with Crippen LogP contribution < -0.4 is 0 Å². The van der Waals surface area contributed by atoms with Crippen molar-refractivity contribution in [1.29, 1.82) is 0 Å². The van der Waals surface area contributed by atoms with Crippen molar-refractivity contribution < 1.29 is 9.53 Å². The average Bonchev–Trinajstić information content (AvgIpc) is 3.24. The topological polar surface area (TPSA) is 26.3 Å². The third-order valence-corrected chi connectivity index (χ3v) is 7.57. The Kier molecular flexibility index (Phi) is 5.73. The van der Waals surface area contributed by atoms with Gasteiger partial charge in [-0.3, -0.25) is 0 Å². The number of carbonyl (C=O) groups excluding carboxylic acids is 1.